The summed E-state index contributed by atoms with van der Waals surface area (Å²) < 4.78 is 43.6. The van der Waals surface area contributed by atoms with Crippen LogP contribution in [0.4, 0.5) is 13.2 Å². The molecule has 0 atom stereocenters. The second-order valence-corrected chi connectivity index (χ2v) is 7.39. The van der Waals surface area contributed by atoms with E-state index in [1.807, 2.05) is 0 Å². The molecule has 0 fully saturated rings. The number of halogens is 5. The number of hydrogen-bond donors (Lipinski definition) is 0. The Balaban J connectivity index is 1.71. The van der Waals surface area contributed by atoms with Gasteiger partial charge in [-0.05, 0) is 60.2 Å². The SMILES string of the molecule is CN(Cc1ccc(Cl)cc1Cl)C(=O)c1cccc(Oc2ccc(C(F)(F)F)cc2)c1. The third-order valence-corrected chi connectivity index (χ3v) is 4.85. The van der Waals surface area contributed by atoms with E-state index >= 15 is 0 Å². The molecule has 0 saturated heterocycles. The van der Waals surface area contributed by atoms with Gasteiger partial charge in [0.1, 0.15) is 11.5 Å². The number of benzene rings is 3. The zero-order valence-electron chi connectivity index (χ0n) is 15.7. The van der Waals surface area contributed by atoms with Crippen molar-refractivity contribution in [2.24, 2.45) is 0 Å². The summed E-state index contributed by atoms with van der Waals surface area (Å²) in [6.07, 6.45) is -4.41. The normalized spacial score (nSPS) is 11.3. The molecule has 3 aromatic carbocycles. The average Bonchev–Trinajstić information content (AvgIpc) is 2.69. The molecule has 0 radical (unpaired) electrons. The Morgan fingerprint density at radius 1 is 0.967 bits per heavy atom. The largest absolute Gasteiger partial charge is 0.457 e. The van der Waals surface area contributed by atoms with Crippen LogP contribution in [0.5, 0.6) is 11.5 Å². The van der Waals surface area contributed by atoms with Gasteiger partial charge in [-0.25, -0.2) is 0 Å². The van der Waals surface area contributed by atoms with Gasteiger partial charge in [0.05, 0.1) is 5.56 Å². The molecular weight excluding hydrogens is 438 g/mol. The lowest BCUT2D eigenvalue weighted by Gasteiger charge is -2.18. The maximum Gasteiger partial charge on any atom is 0.416 e. The van der Waals surface area contributed by atoms with Crippen molar-refractivity contribution in [2.75, 3.05) is 7.05 Å². The van der Waals surface area contributed by atoms with Gasteiger partial charge in [-0.3, -0.25) is 4.79 Å². The van der Waals surface area contributed by atoms with Crippen LogP contribution in [0.3, 0.4) is 0 Å². The summed E-state index contributed by atoms with van der Waals surface area (Å²) in [6, 6.07) is 15.8. The first-order valence-corrected chi connectivity index (χ1v) is 9.53. The molecule has 156 valence electrons. The second-order valence-electron chi connectivity index (χ2n) is 6.55. The summed E-state index contributed by atoms with van der Waals surface area (Å²) in [6.45, 7) is 0.277. The van der Waals surface area contributed by atoms with Gasteiger partial charge in [-0.15, -0.1) is 0 Å². The Morgan fingerprint density at radius 2 is 1.67 bits per heavy atom. The molecule has 3 rings (SSSR count). The Labute approximate surface area is 181 Å². The molecule has 0 aromatic heterocycles. The fourth-order valence-electron chi connectivity index (χ4n) is 2.74. The van der Waals surface area contributed by atoms with Gasteiger partial charge < -0.3 is 9.64 Å². The summed E-state index contributed by atoms with van der Waals surface area (Å²) in [7, 11) is 1.64. The minimum Gasteiger partial charge on any atom is -0.457 e. The van der Waals surface area contributed by atoms with Crippen LogP contribution < -0.4 is 4.74 Å². The van der Waals surface area contributed by atoms with E-state index in [-0.39, 0.29) is 18.2 Å². The Bertz CT molecular complexity index is 1050. The predicted octanol–water partition coefficient (Wildman–Crippen LogP) is 7.08. The third kappa shape index (κ3) is 5.46. The van der Waals surface area contributed by atoms with Gasteiger partial charge >= 0.3 is 6.18 Å². The molecule has 3 aromatic rings. The number of rotatable bonds is 5. The van der Waals surface area contributed by atoms with Crippen molar-refractivity contribution in [3.8, 4) is 11.5 Å². The van der Waals surface area contributed by atoms with Gasteiger partial charge in [0.25, 0.3) is 5.91 Å². The van der Waals surface area contributed by atoms with Gasteiger partial charge in [0.15, 0.2) is 0 Å². The molecule has 0 heterocycles. The van der Waals surface area contributed by atoms with Crippen LogP contribution in [0.25, 0.3) is 0 Å². The quantitative estimate of drug-likeness (QED) is 0.413. The molecule has 0 aliphatic carbocycles. The highest BCUT2D eigenvalue weighted by Crippen LogP contribution is 2.31. The van der Waals surface area contributed by atoms with Crippen LogP contribution in [-0.4, -0.2) is 17.9 Å². The molecular formula is C22H16Cl2F3NO2. The monoisotopic (exact) mass is 453 g/mol. The molecule has 8 heteroatoms. The van der Waals surface area contributed by atoms with Crippen molar-refractivity contribution in [3.63, 3.8) is 0 Å². The zero-order chi connectivity index (χ0) is 21.9. The highest BCUT2D eigenvalue weighted by molar-refractivity contribution is 6.35. The Kier molecular flexibility index (Phi) is 6.58. The average molecular weight is 454 g/mol. The molecule has 30 heavy (non-hydrogen) atoms. The number of ether oxygens (including phenoxy) is 1. The summed E-state index contributed by atoms with van der Waals surface area (Å²) >= 11 is 12.1. The van der Waals surface area contributed by atoms with Crippen molar-refractivity contribution in [1.82, 2.24) is 4.90 Å². The molecule has 3 nitrogen and oxygen atoms in total. The maximum absolute atomic E-state index is 12.8. The van der Waals surface area contributed by atoms with Gasteiger partial charge in [0.2, 0.25) is 0 Å². The van der Waals surface area contributed by atoms with Gasteiger partial charge in [0, 0.05) is 29.2 Å². The number of carbonyl (C=O) groups is 1. The molecule has 0 aliphatic heterocycles. The topological polar surface area (TPSA) is 29.5 Å². The van der Waals surface area contributed by atoms with Crippen molar-refractivity contribution >= 4 is 29.1 Å². The number of hydrogen-bond acceptors (Lipinski definition) is 2. The Morgan fingerprint density at radius 3 is 2.30 bits per heavy atom. The molecule has 1 amide bonds. The first-order valence-electron chi connectivity index (χ1n) is 8.78. The highest BCUT2D eigenvalue weighted by Gasteiger charge is 2.30. The van der Waals surface area contributed by atoms with Gasteiger partial charge in [-0.1, -0.05) is 35.3 Å². The van der Waals surface area contributed by atoms with Crippen LogP contribution in [-0.2, 0) is 12.7 Å². The lowest BCUT2D eigenvalue weighted by molar-refractivity contribution is -0.137. The lowest BCUT2D eigenvalue weighted by Crippen LogP contribution is -2.26. The number of nitrogens with zero attached hydrogens (tertiary/aromatic N) is 1. The van der Waals surface area contributed by atoms with Crippen molar-refractivity contribution in [3.05, 3.63) is 93.5 Å². The molecule has 0 saturated carbocycles. The minimum atomic E-state index is -4.41. The summed E-state index contributed by atoms with van der Waals surface area (Å²) in [4.78, 5) is 14.3. The van der Waals surface area contributed by atoms with Crippen LogP contribution in [0.15, 0.2) is 66.7 Å². The van der Waals surface area contributed by atoms with Crippen molar-refractivity contribution < 1.29 is 22.7 Å². The first-order chi connectivity index (χ1) is 14.1. The molecule has 0 unspecified atom stereocenters. The number of amides is 1. The van der Waals surface area contributed by atoms with Crippen molar-refractivity contribution in [2.45, 2.75) is 12.7 Å². The molecule has 0 N–H and O–H groups in total. The van der Waals surface area contributed by atoms with E-state index in [9.17, 15) is 18.0 Å². The smallest absolute Gasteiger partial charge is 0.416 e. The van der Waals surface area contributed by atoms with E-state index in [0.717, 1.165) is 17.7 Å². The number of alkyl halides is 3. The van der Waals surface area contributed by atoms with E-state index < -0.39 is 11.7 Å². The van der Waals surface area contributed by atoms with E-state index in [0.29, 0.717) is 21.4 Å². The minimum absolute atomic E-state index is 0.230. The summed E-state index contributed by atoms with van der Waals surface area (Å²) in [5.74, 6) is 0.298. The fourth-order valence-corrected chi connectivity index (χ4v) is 3.21. The molecule has 0 bridgehead atoms. The van der Waals surface area contributed by atoms with Crippen LogP contribution in [0.1, 0.15) is 21.5 Å². The number of carbonyl (C=O) groups excluding carboxylic acids is 1. The zero-order valence-corrected chi connectivity index (χ0v) is 17.2. The summed E-state index contributed by atoms with van der Waals surface area (Å²) in [5.41, 5.74) is 0.349. The van der Waals surface area contributed by atoms with Crippen LogP contribution in [0, 0.1) is 0 Å². The second kappa shape index (κ2) is 8.98. The standard InChI is InChI=1S/C22H16Cl2F3NO2/c1-28(13-15-5-8-17(23)12-20(15)24)21(29)14-3-2-4-19(11-14)30-18-9-6-16(7-10-18)22(25,26)27/h2-12H,13H2,1H3. The fraction of sp³-hybridized carbons (Fsp3) is 0.136. The van der Waals surface area contributed by atoms with Crippen LogP contribution in [0.2, 0.25) is 10.0 Å². The lowest BCUT2D eigenvalue weighted by atomic mass is 10.1. The van der Waals surface area contributed by atoms with E-state index in [2.05, 4.69) is 0 Å². The van der Waals surface area contributed by atoms with Crippen LogP contribution >= 0.6 is 23.2 Å². The van der Waals surface area contributed by atoms with Crippen molar-refractivity contribution in [1.29, 1.82) is 0 Å². The van der Waals surface area contributed by atoms with E-state index in [1.54, 1.807) is 43.4 Å². The third-order valence-electron chi connectivity index (χ3n) is 4.27. The maximum atomic E-state index is 12.8. The summed E-state index contributed by atoms with van der Waals surface area (Å²) in [5, 5.41) is 0.965. The van der Waals surface area contributed by atoms with Gasteiger partial charge in [-0.2, -0.15) is 13.2 Å². The first kappa shape index (κ1) is 22.0. The highest BCUT2D eigenvalue weighted by atomic mass is 35.5. The van der Waals surface area contributed by atoms with E-state index in [4.69, 9.17) is 27.9 Å². The predicted molar refractivity (Wildman–Crippen MR) is 110 cm³/mol. The molecule has 0 aliphatic rings. The molecule has 0 spiro atoms. The Hall–Kier alpha value is -2.70. The van der Waals surface area contributed by atoms with E-state index in [1.165, 1.54) is 23.1 Å².